The summed E-state index contributed by atoms with van der Waals surface area (Å²) in [5, 5.41) is 3.82. The zero-order valence-corrected chi connectivity index (χ0v) is 11.9. The van der Waals surface area contributed by atoms with E-state index in [1.165, 1.54) is 51.7 Å². The molecule has 4 unspecified atom stereocenters. The predicted octanol–water partition coefficient (Wildman–Crippen LogP) is 2.74. The third-order valence-electron chi connectivity index (χ3n) is 5.11. The fourth-order valence-electron chi connectivity index (χ4n) is 3.64. The van der Waals surface area contributed by atoms with Gasteiger partial charge in [-0.3, -0.25) is 0 Å². The van der Waals surface area contributed by atoms with E-state index < -0.39 is 0 Å². The predicted molar refractivity (Wildman–Crippen MR) is 74.2 cm³/mol. The van der Waals surface area contributed by atoms with Crippen LogP contribution in [0.4, 0.5) is 0 Å². The fourth-order valence-corrected chi connectivity index (χ4v) is 3.64. The molecule has 17 heavy (non-hydrogen) atoms. The molecule has 4 atom stereocenters. The van der Waals surface area contributed by atoms with E-state index >= 15 is 0 Å². The lowest BCUT2D eigenvalue weighted by Crippen LogP contribution is -2.44. The number of hydrogen-bond donors (Lipinski definition) is 1. The molecule has 0 aromatic carbocycles. The Kier molecular flexibility index (Phi) is 4.87. The van der Waals surface area contributed by atoms with Crippen molar-refractivity contribution in [1.82, 2.24) is 10.2 Å². The summed E-state index contributed by atoms with van der Waals surface area (Å²) in [5.41, 5.74) is 0. The molecule has 2 aliphatic rings. The third-order valence-corrected chi connectivity index (χ3v) is 5.11. The normalized spacial score (nSPS) is 37.2. The Labute approximate surface area is 107 Å². The van der Waals surface area contributed by atoms with Crippen LogP contribution in [0.25, 0.3) is 0 Å². The molecule has 2 nitrogen and oxygen atoms in total. The minimum absolute atomic E-state index is 0.700. The van der Waals surface area contributed by atoms with Crippen molar-refractivity contribution in [2.75, 3.05) is 26.7 Å². The molecule has 1 N–H and O–H groups in total. The van der Waals surface area contributed by atoms with Crippen LogP contribution in [0, 0.1) is 17.8 Å². The summed E-state index contributed by atoms with van der Waals surface area (Å²) in [5.74, 6) is 2.76. The second-order valence-electron chi connectivity index (χ2n) is 6.53. The van der Waals surface area contributed by atoms with Crippen LogP contribution in [0.1, 0.15) is 46.0 Å². The topological polar surface area (TPSA) is 15.3 Å². The van der Waals surface area contributed by atoms with Crippen molar-refractivity contribution in [2.24, 2.45) is 17.8 Å². The minimum Gasteiger partial charge on any atom is -0.314 e. The standard InChI is InChI=1S/C15H30N2/c1-12-6-4-7-14(12)10-16-13(2)15-8-5-9-17(3)11-15/h12-16H,4-11H2,1-3H3. The maximum Gasteiger partial charge on any atom is 0.00793 e. The van der Waals surface area contributed by atoms with Crippen molar-refractivity contribution >= 4 is 0 Å². The number of likely N-dealkylation sites (tertiary alicyclic amines) is 1. The Balaban J connectivity index is 1.71. The van der Waals surface area contributed by atoms with Crippen molar-refractivity contribution in [3.63, 3.8) is 0 Å². The molecule has 0 aromatic heterocycles. The first kappa shape index (κ1) is 13.4. The summed E-state index contributed by atoms with van der Waals surface area (Å²) in [6.07, 6.45) is 7.15. The van der Waals surface area contributed by atoms with Gasteiger partial charge in [-0.1, -0.05) is 19.8 Å². The van der Waals surface area contributed by atoms with Crippen LogP contribution < -0.4 is 5.32 Å². The molecule has 100 valence electrons. The van der Waals surface area contributed by atoms with E-state index in [9.17, 15) is 0 Å². The van der Waals surface area contributed by atoms with Gasteiger partial charge in [0.1, 0.15) is 0 Å². The highest BCUT2D eigenvalue weighted by molar-refractivity contribution is 4.82. The van der Waals surface area contributed by atoms with Crippen LogP contribution >= 0.6 is 0 Å². The van der Waals surface area contributed by atoms with Crippen LogP contribution in [0.5, 0.6) is 0 Å². The zero-order chi connectivity index (χ0) is 12.3. The molecule has 0 aromatic rings. The van der Waals surface area contributed by atoms with Gasteiger partial charge in [0.25, 0.3) is 0 Å². The lowest BCUT2D eigenvalue weighted by atomic mass is 9.91. The van der Waals surface area contributed by atoms with Gasteiger partial charge in [0, 0.05) is 12.6 Å². The summed E-state index contributed by atoms with van der Waals surface area (Å²) in [6.45, 7) is 8.65. The number of hydrogen-bond acceptors (Lipinski definition) is 2. The van der Waals surface area contributed by atoms with E-state index in [1.807, 2.05) is 0 Å². The van der Waals surface area contributed by atoms with Gasteiger partial charge in [-0.25, -0.2) is 0 Å². The van der Waals surface area contributed by atoms with E-state index in [4.69, 9.17) is 0 Å². The molecule has 1 aliphatic carbocycles. The van der Waals surface area contributed by atoms with Crippen LogP contribution in [0.15, 0.2) is 0 Å². The monoisotopic (exact) mass is 238 g/mol. The maximum absolute atomic E-state index is 3.82. The van der Waals surface area contributed by atoms with E-state index in [-0.39, 0.29) is 0 Å². The molecule has 2 rings (SSSR count). The smallest absolute Gasteiger partial charge is 0.00793 e. The number of nitrogens with zero attached hydrogens (tertiary/aromatic N) is 1. The number of nitrogens with one attached hydrogen (secondary N) is 1. The average Bonchev–Trinajstić information content (AvgIpc) is 2.72. The van der Waals surface area contributed by atoms with E-state index in [0.717, 1.165) is 17.8 Å². The molecule has 2 heteroatoms. The Bertz CT molecular complexity index is 229. The summed E-state index contributed by atoms with van der Waals surface area (Å²) < 4.78 is 0. The average molecular weight is 238 g/mol. The van der Waals surface area contributed by atoms with Crippen LogP contribution in [0.3, 0.4) is 0 Å². The molecular weight excluding hydrogens is 208 g/mol. The molecule has 2 fully saturated rings. The van der Waals surface area contributed by atoms with Crippen LogP contribution in [-0.2, 0) is 0 Å². The maximum atomic E-state index is 3.82. The largest absolute Gasteiger partial charge is 0.314 e. The van der Waals surface area contributed by atoms with Crippen LogP contribution in [0.2, 0.25) is 0 Å². The van der Waals surface area contributed by atoms with Gasteiger partial charge in [-0.15, -0.1) is 0 Å². The van der Waals surface area contributed by atoms with Gasteiger partial charge in [-0.2, -0.15) is 0 Å². The van der Waals surface area contributed by atoms with Gasteiger partial charge in [0.15, 0.2) is 0 Å². The highest BCUT2D eigenvalue weighted by Gasteiger charge is 2.26. The first-order valence-corrected chi connectivity index (χ1v) is 7.58. The van der Waals surface area contributed by atoms with Crippen molar-refractivity contribution in [3.8, 4) is 0 Å². The van der Waals surface area contributed by atoms with Gasteiger partial charge in [0.2, 0.25) is 0 Å². The molecule has 1 aliphatic heterocycles. The molecule has 1 heterocycles. The van der Waals surface area contributed by atoms with Crippen molar-refractivity contribution < 1.29 is 0 Å². The quantitative estimate of drug-likeness (QED) is 0.810. The molecule has 1 saturated heterocycles. The van der Waals surface area contributed by atoms with E-state index in [2.05, 4.69) is 31.1 Å². The van der Waals surface area contributed by atoms with Crippen molar-refractivity contribution in [1.29, 1.82) is 0 Å². The lowest BCUT2D eigenvalue weighted by Gasteiger charge is -2.34. The highest BCUT2D eigenvalue weighted by atomic mass is 15.1. The molecule has 0 bridgehead atoms. The summed E-state index contributed by atoms with van der Waals surface area (Å²) in [6, 6.07) is 0.700. The minimum atomic E-state index is 0.700. The summed E-state index contributed by atoms with van der Waals surface area (Å²) in [7, 11) is 2.26. The van der Waals surface area contributed by atoms with Gasteiger partial charge in [0.05, 0.1) is 0 Å². The number of piperidine rings is 1. The Morgan fingerprint density at radius 3 is 2.71 bits per heavy atom. The lowest BCUT2D eigenvalue weighted by molar-refractivity contribution is 0.175. The molecular formula is C15H30N2. The second kappa shape index (κ2) is 6.19. The van der Waals surface area contributed by atoms with Crippen molar-refractivity contribution in [2.45, 2.75) is 52.0 Å². The Morgan fingerprint density at radius 1 is 1.24 bits per heavy atom. The van der Waals surface area contributed by atoms with Crippen molar-refractivity contribution in [3.05, 3.63) is 0 Å². The third kappa shape index (κ3) is 3.69. The van der Waals surface area contributed by atoms with Gasteiger partial charge >= 0.3 is 0 Å². The first-order valence-electron chi connectivity index (χ1n) is 7.58. The van der Waals surface area contributed by atoms with Crippen LogP contribution in [-0.4, -0.2) is 37.6 Å². The van der Waals surface area contributed by atoms with Gasteiger partial charge < -0.3 is 10.2 Å². The molecule has 0 spiro atoms. The SMILES string of the molecule is CC1CCCC1CNC(C)C1CCCN(C)C1. The van der Waals surface area contributed by atoms with E-state index in [0.29, 0.717) is 6.04 Å². The van der Waals surface area contributed by atoms with E-state index in [1.54, 1.807) is 0 Å². The first-order chi connectivity index (χ1) is 8.16. The highest BCUT2D eigenvalue weighted by Crippen LogP contribution is 2.30. The summed E-state index contributed by atoms with van der Waals surface area (Å²) >= 11 is 0. The fraction of sp³-hybridized carbons (Fsp3) is 1.00. The Morgan fingerprint density at radius 2 is 2.06 bits per heavy atom. The second-order valence-corrected chi connectivity index (χ2v) is 6.53. The zero-order valence-electron chi connectivity index (χ0n) is 11.9. The number of rotatable bonds is 4. The molecule has 0 amide bonds. The molecule has 0 radical (unpaired) electrons. The molecule has 1 saturated carbocycles. The Hall–Kier alpha value is -0.0800. The summed E-state index contributed by atoms with van der Waals surface area (Å²) in [4.78, 5) is 2.49. The van der Waals surface area contributed by atoms with Gasteiger partial charge in [-0.05, 0) is 64.1 Å².